The topological polar surface area (TPSA) is 79.1 Å². The number of thiazole rings is 1. The van der Waals surface area contributed by atoms with Gasteiger partial charge in [0.25, 0.3) is 5.56 Å². The molecule has 0 saturated heterocycles. The van der Waals surface area contributed by atoms with Gasteiger partial charge < -0.3 is 14.2 Å². The van der Waals surface area contributed by atoms with Gasteiger partial charge in [0.2, 0.25) is 0 Å². The third-order valence-corrected chi connectivity index (χ3v) is 8.34. The van der Waals surface area contributed by atoms with Crippen LogP contribution >= 0.6 is 33.9 Å². The number of carbonyl (C=O) groups excluding carboxylic acids is 1. The second-order valence-electron chi connectivity index (χ2n) is 9.07. The monoisotopic (exact) mass is 668 g/mol. The Morgan fingerprint density at radius 3 is 2.55 bits per heavy atom. The predicted octanol–water partition coefficient (Wildman–Crippen LogP) is 5.35. The van der Waals surface area contributed by atoms with Crippen LogP contribution in [-0.4, -0.2) is 30.4 Å². The van der Waals surface area contributed by atoms with Crippen LogP contribution in [0.4, 0.5) is 0 Å². The lowest BCUT2D eigenvalue weighted by Gasteiger charge is -2.25. The maximum atomic E-state index is 14.1. The molecule has 0 amide bonds. The summed E-state index contributed by atoms with van der Waals surface area (Å²) in [6.45, 7) is 8.65. The van der Waals surface area contributed by atoms with Gasteiger partial charge in [-0.15, -0.1) is 0 Å². The van der Waals surface area contributed by atoms with Gasteiger partial charge in [0.05, 0.1) is 45.2 Å². The van der Waals surface area contributed by atoms with E-state index < -0.39 is 12.0 Å². The van der Waals surface area contributed by atoms with Crippen LogP contribution in [0.15, 0.2) is 75.7 Å². The SMILES string of the molecule is CCOC(=O)C1=C(C)N=c2s/c(=C/c3cc(I)c(OCC)c(OCC)c3)c(=O)n2[C@@H]1c1cccc2ccccc12. The summed E-state index contributed by atoms with van der Waals surface area (Å²) in [7, 11) is 0. The van der Waals surface area contributed by atoms with Crippen molar-refractivity contribution in [2.75, 3.05) is 19.8 Å². The fourth-order valence-corrected chi connectivity index (χ4v) is 6.77. The minimum absolute atomic E-state index is 0.223. The lowest BCUT2D eigenvalue weighted by molar-refractivity contribution is -0.139. The third-order valence-electron chi connectivity index (χ3n) is 6.55. The number of aromatic nitrogens is 1. The highest BCUT2D eigenvalue weighted by Crippen LogP contribution is 2.36. The number of allylic oxidation sites excluding steroid dienone is 1. The first-order valence-corrected chi connectivity index (χ1v) is 15.0. The van der Waals surface area contributed by atoms with Crippen molar-refractivity contribution in [1.29, 1.82) is 0 Å². The van der Waals surface area contributed by atoms with Gasteiger partial charge in [-0.05, 0) is 90.4 Å². The molecule has 1 aromatic heterocycles. The molecule has 0 bridgehead atoms. The Morgan fingerprint density at radius 1 is 1.05 bits per heavy atom. The molecule has 3 aromatic carbocycles. The quantitative estimate of drug-likeness (QED) is 0.187. The highest BCUT2D eigenvalue weighted by Gasteiger charge is 2.34. The molecule has 2 heterocycles. The number of hydrogen-bond donors (Lipinski definition) is 0. The minimum Gasteiger partial charge on any atom is -0.490 e. The molecule has 0 saturated carbocycles. The predicted molar refractivity (Wildman–Crippen MR) is 166 cm³/mol. The summed E-state index contributed by atoms with van der Waals surface area (Å²) in [5.74, 6) is 0.844. The summed E-state index contributed by atoms with van der Waals surface area (Å²) in [6.07, 6.45) is 1.84. The summed E-state index contributed by atoms with van der Waals surface area (Å²) in [5, 5.41) is 1.98. The molecule has 0 spiro atoms. The molecule has 206 valence electrons. The lowest BCUT2D eigenvalue weighted by atomic mass is 9.91. The summed E-state index contributed by atoms with van der Waals surface area (Å²) >= 11 is 3.52. The number of hydrogen-bond acceptors (Lipinski definition) is 7. The average molecular weight is 669 g/mol. The average Bonchev–Trinajstić information content (AvgIpc) is 3.23. The van der Waals surface area contributed by atoms with E-state index in [9.17, 15) is 9.59 Å². The van der Waals surface area contributed by atoms with E-state index in [2.05, 4.69) is 22.6 Å². The Bertz CT molecular complexity index is 1820. The van der Waals surface area contributed by atoms with Crippen molar-refractivity contribution in [3.63, 3.8) is 0 Å². The highest BCUT2D eigenvalue weighted by molar-refractivity contribution is 14.1. The van der Waals surface area contributed by atoms with Gasteiger partial charge in [0.15, 0.2) is 16.3 Å². The fourth-order valence-electron chi connectivity index (χ4n) is 4.94. The minimum atomic E-state index is -0.678. The van der Waals surface area contributed by atoms with Gasteiger partial charge in [-0.1, -0.05) is 53.8 Å². The molecule has 7 nitrogen and oxygen atoms in total. The molecule has 0 N–H and O–H groups in total. The molecule has 0 unspecified atom stereocenters. The lowest BCUT2D eigenvalue weighted by Crippen LogP contribution is -2.40. The first-order valence-electron chi connectivity index (χ1n) is 13.1. The van der Waals surface area contributed by atoms with E-state index in [0.29, 0.717) is 45.3 Å². The molecule has 5 rings (SSSR count). The van der Waals surface area contributed by atoms with Crippen LogP contribution in [-0.2, 0) is 9.53 Å². The molecule has 1 aliphatic rings. The number of halogens is 1. The van der Waals surface area contributed by atoms with E-state index in [-0.39, 0.29) is 12.2 Å². The molecule has 0 fully saturated rings. The van der Waals surface area contributed by atoms with E-state index >= 15 is 0 Å². The van der Waals surface area contributed by atoms with E-state index in [4.69, 9.17) is 19.2 Å². The van der Waals surface area contributed by atoms with Gasteiger partial charge in [-0.3, -0.25) is 9.36 Å². The molecular weight excluding hydrogens is 639 g/mol. The Hall–Kier alpha value is -3.44. The molecule has 1 aliphatic heterocycles. The van der Waals surface area contributed by atoms with Gasteiger partial charge in [0, 0.05) is 0 Å². The first kappa shape index (κ1) is 28.1. The largest absolute Gasteiger partial charge is 0.490 e. The molecule has 0 aliphatic carbocycles. The van der Waals surface area contributed by atoms with Crippen molar-refractivity contribution in [3.8, 4) is 11.5 Å². The van der Waals surface area contributed by atoms with Crippen LogP contribution in [0.25, 0.3) is 16.8 Å². The number of benzene rings is 3. The van der Waals surface area contributed by atoms with Crippen molar-refractivity contribution in [2.24, 2.45) is 4.99 Å². The summed E-state index contributed by atoms with van der Waals surface area (Å²) in [4.78, 5) is 32.6. The van der Waals surface area contributed by atoms with Crippen LogP contribution in [0.5, 0.6) is 11.5 Å². The first-order chi connectivity index (χ1) is 19.4. The van der Waals surface area contributed by atoms with E-state index in [1.807, 2.05) is 74.5 Å². The number of ether oxygens (including phenoxy) is 3. The van der Waals surface area contributed by atoms with Crippen molar-refractivity contribution in [3.05, 3.63) is 100 Å². The number of rotatable bonds is 8. The summed E-state index contributed by atoms with van der Waals surface area (Å²) < 4.78 is 20.1. The van der Waals surface area contributed by atoms with Crippen LogP contribution in [0.3, 0.4) is 0 Å². The Morgan fingerprint density at radius 2 is 1.80 bits per heavy atom. The van der Waals surface area contributed by atoms with E-state index in [0.717, 1.165) is 25.5 Å². The fraction of sp³-hybridized carbons (Fsp3) is 0.258. The number of carbonyl (C=O) groups is 1. The van der Waals surface area contributed by atoms with E-state index in [1.165, 1.54) is 11.3 Å². The molecule has 1 atom stereocenters. The summed E-state index contributed by atoms with van der Waals surface area (Å²) in [6, 6.07) is 17.1. The smallest absolute Gasteiger partial charge is 0.338 e. The highest BCUT2D eigenvalue weighted by atomic mass is 127. The second kappa shape index (κ2) is 12.0. The van der Waals surface area contributed by atoms with Crippen LogP contribution < -0.4 is 24.4 Å². The molecular formula is C31H29IN2O5S. The van der Waals surface area contributed by atoms with Gasteiger partial charge in [-0.25, -0.2) is 9.79 Å². The second-order valence-corrected chi connectivity index (χ2v) is 11.2. The maximum Gasteiger partial charge on any atom is 0.338 e. The van der Waals surface area contributed by atoms with Crippen LogP contribution in [0.2, 0.25) is 0 Å². The number of fused-ring (bicyclic) bond motifs is 2. The van der Waals surface area contributed by atoms with Crippen molar-refractivity contribution >= 4 is 56.7 Å². The van der Waals surface area contributed by atoms with Crippen LogP contribution in [0.1, 0.15) is 44.9 Å². The van der Waals surface area contributed by atoms with Crippen molar-refractivity contribution in [1.82, 2.24) is 4.57 Å². The third kappa shape index (κ3) is 5.19. The Labute approximate surface area is 249 Å². The van der Waals surface area contributed by atoms with Crippen molar-refractivity contribution < 1.29 is 19.0 Å². The number of nitrogens with zero attached hydrogens (tertiary/aromatic N) is 2. The molecule has 40 heavy (non-hydrogen) atoms. The normalized spacial score (nSPS) is 15.1. The molecule has 4 aromatic rings. The van der Waals surface area contributed by atoms with Gasteiger partial charge in [0.1, 0.15) is 0 Å². The van der Waals surface area contributed by atoms with Gasteiger partial charge >= 0.3 is 5.97 Å². The molecule has 0 radical (unpaired) electrons. The van der Waals surface area contributed by atoms with Gasteiger partial charge in [-0.2, -0.15) is 0 Å². The van der Waals surface area contributed by atoms with Crippen LogP contribution in [0, 0.1) is 3.57 Å². The zero-order chi connectivity index (χ0) is 28.4. The van der Waals surface area contributed by atoms with E-state index in [1.54, 1.807) is 18.4 Å². The van der Waals surface area contributed by atoms with Crippen molar-refractivity contribution in [2.45, 2.75) is 33.7 Å². The Kier molecular flexibility index (Phi) is 8.41. The maximum absolute atomic E-state index is 14.1. The number of esters is 1. The zero-order valence-corrected chi connectivity index (χ0v) is 25.7. The zero-order valence-electron chi connectivity index (χ0n) is 22.7. The summed E-state index contributed by atoms with van der Waals surface area (Å²) in [5.41, 5.74) is 2.34. The molecule has 9 heteroatoms. The Balaban J connectivity index is 1.74. The standard InChI is InChI=1S/C31H29IN2O5S/c1-5-37-24-16-19(15-23(32)28(24)38-6-2)17-25-29(35)34-27(22-14-10-12-20-11-8-9-13-21(20)22)26(30(36)39-7-3)18(4)33-31(34)40-25/h8-17,27H,5-7H2,1-4H3/b25-17+/t27-/m1/s1.